The van der Waals surface area contributed by atoms with Gasteiger partial charge in [-0.3, -0.25) is 9.79 Å². The van der Waals surface area contributed by atoms with Crippen molar-refractivity contribution in [2.45, 2.75) is 25.5 Å². The normalized spacial score (nSPS) is 17.3. The molecule has 59 valence electrons. The molecule has 0 saturated carbocycles. The summed E-state index contributed by atoms with van der Waals surface area (Å²) in [5, 5.41) is 8.33. The van der Waals surface area contributed by atoms with Gasteiger partial charge in [0.05, 0.1) is 0 Å². The highest BCUT2D eigenvalue weighted by Crippen LogP contribution is 2.09. The van der Waals surface area contributed by atoms with Crippen LogP contribution in [-0.2, 0) is 4.79 Å². The van der Waals surface area contributed by atoms with Crippen molar-refractivity contribution < 1.29 is 9.90 Å². The van der Waals surface area contributed by atoms with E-state index >= 15 is 0 Å². The molecule has 3 nitrogen and oxygen atoms in total. The molecule has 1 fully saturated rings. The zero-order valence-corrected chi connectivity index (χ0v) is 6.42. The van der Waals surface area contributed by atoms with Crippen LogP contribution in [0.5, 0.6) is 0 Å². The molecule has 1 saturated heterocycles. The molecule has 0 unspecified atom stereocenters. The van der Waals surface area contributed by atoms with Crippen LogP contribution in [0.2, 0.25) is 12.6 Å². The van der Waals surface area contributed by atoms with Gasteiger partial charge in [0, 0.05) is 5.71 Å². The van der Waals surface area contributed by atoms with E-state index in [1.165, 1.54) is 0 Å². The highest BCUT2D eigenvalue weighted by atomic mass is 16.4. The van der Waals surface area contributed by atoms with E-state index in [2.05, 4.69) is 12.3 Å². The van der Waals surface area contributed by atoms with Gasteiger partial charge in [-0.2, -0.15) is 0 Å². The van der Waals surface area contributed by atoms with Gasteiger partial charge in [-0.15, -0.1) is 0 Å². The van der Waals surface area contributed by atoms with Crippen molar-refractivity contribution in [3.05, 3.63) is 0 Å². The van der Waals surface area contributed by atoms with Crippen LogP contribution in [0.4, 0.5) is 0 Å². The third-order valence-electron chi connectivity index (χ3n) is 1.71. The monoisotopic (exact) mass is 152 g/mol. The van der Waals surface area contributed by atoms with Gasteiger partial charge in [-0.25, -0.2) is 0 Å². The molecule has 1 aliphatic heterocycles. The molecule has 11 heavy (non-hydrogen) atoms. The Hall–Kier alpha value is -0.795. The molecule has 0 aliphatic carbocycles. The Morgan fingerprint density at radius 3 is 2.73 bits per heavy atom. The predicted octanol–water partition coefficient (Wildman–Crippen LogP) is 0.847. The molecule has 0 bridgehead atoms. The molecule has 0 aromatic heterocycles. The van der Waals surface area contributed by atoms with Gasteiger partial charge in [-0.05, 0) is 12.8 Å². The van der Waals surface area contributed by atoms with Gasteiger partial charge < -0.3 is 5.11 Å². The fourth-order valence-corrected chi connectivity index (χ4v) is 1.14. The summed E-state index contributed by atoms with van der Waals surface area (Å²) in [6.45, 7) is -0.0602. The first-order valence-corrected chi connectivity index (χ1v) is 3.84. The Morgan fingerprint density at radius 1 is 1.55 bits per heavy atom. The molecule has 1 aliphatic rings. The van der Waals surface area contributed by atoms with Crippen LogP contribution in [0, 0.1) is 0 Å². The molecule has 0 atom stereocenters. The lowest BCUT2D eigenvalue weighted by molar-refractivity contribution is -0.135. The lowest BCUT2D eigenvalue weighted by Crippen LogP contribution is -2.11. The summed E-state index contributed by atoms with van der Waals surface area (Å²) in [5.74, 6) is -0.841. The second kappa shape index (κ2) is 4.16. The number of aliphatic carboxylic acids is 1. The molecule has 1 N–H and O–H groups in total. The van der Waals surface area contributed by atoms with Crippen LogP contribution in [0.1, 0.15) is 12.8 Å². The Kier molecular flexibility index (Phi) is 3.14. The number of carbonyl (C=O) groups is 1. The minimum atomic E-state index is -0.841. The first-order valence-electron chi connectivity index (χ1n) is 3.84. The van der Waals surface area contributed by atoms with Crippen molar-refractivity contribution in [2.75, 3.05) is 6.54 Å². The van der Waals surface area contributed by atoms with Crippen LogP contribution in [0.15, 0.2) is 4.99 Å². The quantitative estimate of drug-likeness (QED) is 0.596. The van der Waals surface area contributed by atoms with E-state index in [1.54, 1.807) is 0 Å². The summed E-state index contributed by atoms with van der Waals surface area (Å²) in [6, 6.07) is 0. The molecule has 0 spiro atoms. The standard InChI is InChI=1S/C7H11BNO2/c10-7(11)5-9-6-1-3-8-4-2-6/h1-5H2,(H,10,11). The van der Waals surface area contributed by atoms with E-state index in [1.807, 2.05) is 0 Å². The fourth-order valence-electron chi connectivity index (χ4n) is 1.14. The molecule has 0 aromatic rings. The van der Waals surface area contributed by atoms with Crippen LogP contribution in [-0.4, -0.2) is 30.6 Å². The van der Waals surface area contributed by atoms with Gasteiger partial charge in [0.2, 0.25) is 0 Å². The predicted molar refractivity (Wildman–Crippen MR) is 44.5 cm³/mol. The van der Waals surface area contributed by atoms with E-state index in [0.717, 1.165) is 31.2 Å². The van der Waals surface area contributed by atoms with E-state index < -0.39 is 5.97 Å². The number of hydrogen-bond donors (Lipinski definition) is 1. The van der Waals surface area contributed by atoms with Crippen molar-refractivity contribution in [3.8, 4) is 0 Å². The van der Waals surface area contributed by atoms with Crippen LogP contribution < -0.4 is 0 Å². The molecular formula is C7H11BNO2. The van der Waals surface area contributed by atoms with E-state index in [9.17, 15) is 4.79 Å². The number of rotatable bonds is 2. The average molecular weight is 152 g/mol. The van der Waals surface area contributed by atoms with E-state index in [4.69, 9.17) is 5.11 Å². The summed E-state index contributed by atoms with van der Waals surface area (Å²) >= 11 is 0. The summed E-state index contributed by atoms with van der Waals surface area (Å²) in [5.41, 5.74) is 1.06. The maximum atomic E-state index is 10.1. The zero-order valence-electron chi connectivity index (χ0n) is 6.42. The highest BCUT2D eigenvalue weighted by molar-refractivity contribution is 6.37. The van der Waals surface area contributed by atoms with Crippen LogP contribution in [0.3, 0.4) is 0 Å². The molecule has 1 radical (unpaired) electrons. The summed E-state index contributed by atoms with van der Waals surface area (Å²) in [7, 11) is 2.22. The van der Waals surface area contributed by atoms with Crippen molar-refractivity contribution in [3.63, 3.8) is 0 Å². The minimum Gasteiger partial charge on any atom is -0.480 e. The molecule has 0 aromatic carbocycles. The van der Waals surface area contributed by atoms with E-state index in [-0.39, 0.29) is 6.54 Å². The van der Waals surface area contributed by atoms with Crippen molar-refractivity contribution in [1.29, 1.82) is 0 Å². The second-order valence-corrected chi connectivity index (χ2v) is 2.64. The maximum absolute atomic E-state index is 10.1. The van der Waals surface area contributed by atoms with Crippen molar-refractivity contribution >= 4 is 19.0 Å². The number of aliphatic imine (C=N–C) groups is 1. The van der Waals surface area contributed by atoms with Gasteiger partial charge in [-0.1, -0.05) is 12.6 Å². The lowest BCUT2D eigenvalue weighted by atomic mass is 9.64. The largest absolute Gasteiger partial charge is 0.480 e. The van der Waals surface area contributed by atoms with Crippen LogP contribution in [0.25, 0.3) is 0 Å². The Balaban J connectivity index is 2.32. The maximum Gasteiger partial charge on any atom is 0.325 e. The third-order valence-corrected chi connectivity index (χ3v) is 1.71. The Labute approximate surface area is 66.8 Å². The smallest absolute Gasteiger partial charge is 0.325 e. The average Bonchev–Trinajstić information content (AvgIpc) is 2.03. The van der Waals surface area contributed by atoms with E-state index in [0.29, 0.717) is 0 Å². The van der Waals surface area contributed by atoms with Gasteiger partial charge >= 0.3 is 5.97 Å². The SMILES string of the molecule is O=C(O)CN=C1CC[B]CC1. The summed E-state index contributed by atoms with van der Waals surface area (Å²) < 4.78 is 0. The highest BCUT2D eigenvalue weighted by Gasteiger charge is 2.07. The number of hydrogen-bond acceptors (Lipinski definition) is 2. The zero-order chi connectivity index (χ0) is 8.10. The molecule has 4 heteroatoms. The van der Waals surface area contributed by atoms with Gasteiger partial charge in [0.25, 0.3) is 0 Å². The first-order chi connectivity index (χ1) is 5.29. The minimum absolute atomic E-state index is 0.0602. The van der Waals surface area contributed by atoms with Gasteiger partial charge in [0.15, 0.2) is 0 Å². The number of carboxylic acid groups (broad SMARTS) is 1. The summed E-state index contributed by atoms with van der Waals surface area (Å²) in [4.78, 5) is 14.1. The molecule has 1 rings (SSSR count). The topological polar surface area (TPSA) is 49.7 Å². The third kappa shape index (κ3) is 3.21. The Morgan fingerprint density at radius 2 is 2.18 bits per heavy atom. The Bertz CT molecular complexity index is 171. The lowest BCUT2D eigenvalue weighted by Gasteiger charge is -2.10. The summed E-state index contributed by atoms with van der Waals surface area (Å²) in [6.07, 6.45) is 4.01. The molecule has 1 heterocycles. The van der Waals surface area contributed by atoms with Gasteiger partial charge in [0.1, 0.15) is 13.8 Å². The molecule has 0 amide bonds. The van der Waals surface area contributed by atoms with Crippen LogP contribution >= 0.6 is 0 Å². The fraction of sp³-hybridized carbons (Fsp3) is 0.714. The number of nitrogens with zero attached hydrogens (tertiary/aromatic N) is 1. The first kappa shape index (κ1) is 8.30. The number of carboxylic acids is 1. The van der Waals surface area contributed by atoms with Crippen molar-refractivity contribution in [1.82, 2.24) is 0 Å². The van der Waals surface area contributed by atoms with Crippen molar-refractivity contribution in [2.24, 2.45) is 4.99 Å². The second-order valence-electron chi connectivity index (χ2n) is 2.64. The molecular weight excluding hydrogens is 141 g/mol.